The van der Waals surface area contributed by atoms with Crippen LogP contribution >= 0.6 is 0 Å². The Hall–Kier alpha value is -0.690. The zero-order valence-corrected chi connectivity index (χ0v) is 10.9. The molecule has 2 unspecified atom stereocenters. The van der Waals surface area contributed by atoms with Crippen LogP contribution in [0.25, 0.3) is 0 Å². The van der Waals surface area contributed by atoms with E-state index >= 15 is 0 Å². The summed E-state index contributed by atoms with van der Waals surface area (Å²) in [5.74, 6) is -0.170. The predicted molar refractivity (Wildman–Crippen MR) is 64.6 cm³/mol. The van der Waals surface area contributed by atoms with Crippen molar-refractivity contribution in [3.05, 3.63) is 0 Å². The average Bonchev–Trinajstić information content (AvgIpc) is 2.28. The van der Waals surface area contributed by atoms with Gasteiger partial charge >= 0.3 is 0 Å². The molecule has 1 amide bonds. The first-order valence-electron chi connectivity index (χ1n) is 5.69. The number of carbonyl (C=O) groups is 1. The molecule has 0 aliphatic rings. The van der Waals surface area contributed by atoms with E-state index in [-0.39, 0.29) is 19.1 Å². The third-order valence-electron chi connectivity index (χ3n) is 2.40. The number of nitrogens with two attached hydrogens (primary N) is 1. The molecule has 0 bridgehead atoms. The Morgan fingerprint density at radius 3 is 2.59 bits per heavy atom. The van der Waals surface area contributed by atoms with Gasteiger partial charge in [-0.15, -0.1) is 0 Å². The molecule has 0 spiro atoms. The number of methoxy groups -OCH3 is 2. The topological polar surface area (TPSA) is 85.0 Å². The van der Waals surface area contributed by atoms with Gasteiger partial charge in [-0.1, -0.05) is 0 Å². The van der Waals surface area contributed by atoms with Crippen molar-refractivity contribution < 1.29 is 19.4 Å². The maximum atomic E-state index is 11.8. The number of hydrogen-bond acceptors (Lipinski definition) is 5. The van der Waals surface area contributed by atoms with Gasteiger partial charge in [0.2, 0.25) is 5.91 Å². The summed E-state index contributed by atoms with van der Waals surface area (Å²) in [6, 6.07) is -0.537. The molecule has 0 saturated carbocycles. The third-order valence-corrected chi connectivity index (χ3v) is 2.40. The van der Waals surface area contributed by atoms with Gasteiger partial charge in [-0.05, 0) is 12.8 Å². The van der Waals surface area contributed by atoms with Crippen LogP contribution in [-0.4, -0.2) is 69.1 Å². The summed E-state index contributed by atoms with van der Waals surface area (Å²) in [7, 11) is 4.74. The first kappa shape index (κ1) is 16.3. The van der Waals surface area contributed by atoms with Gasteiger partial charge in [0.05, 0.1) is 18.8 Å². The fourth-order valence-electron chi connectivity index (χ4n) is 1.51. The zero-order chi connectivity index (χ0) is 13.3. The smallest absolute Gasteiger partial charge is 0.239 e. The summed E-state index contributed by atoms with van der Waals surface area (Å²) in [6.45, 7) is 1.03. The largest absolute Gasteiger partial charge is 0.389 e. The van der Waals surface area contributed by atoms with Crippen LogP contribution in [0, 0.1) is 0 Å². The molecule has 0 saturated heterocycles. The van der Waals surface area contributed by atoms with Crippen molar-refractivity contribution in [1.82, 2.24) is 4.90 Å². The molecule has 0 fully saturated rings. The first-order valence-corrected chi connectivity index (χ1v) is 5.69. The molecule has 6 nitrogen and oxygen atoms in total. The summed E-state index contributed by atoms with van der Waals surface area (Å²) in [6.07, 6.45) is 0.648. The molecule has 0 aromatic rings. The Kier molecular flexibility index (Phi) is 8.97. The molecule has 6 heteroatoms. The van der Waals surface area contributed by atoms with Gasteiger partial charge < -0.3 is 25.2 Å². The van der Waals surface area contributed by atoms with Crippen molar-refractivity contribution in [2.45, 2.75) is 25.0 Å². The third kappa shape index (κ3) is 7.27. The Morgan fingerprint density at radius 2 is 2.06 bits per heavy atom. The van der Waals surface area contributed by atoms with E-state index in [0.717, 1.165) is 6.42 Å². The predicted octanol–water partition coefficient (Wildman–Crippen LogP) is -0.794. The van der Waals surface area contributed by atoms with Gasteiger partial charge in [-0.25, -0.2) is 0 Å². The Balaban J connectivity index is 3.93. The number of aliphatic hydroxyl groups is 1. The lowest BCUT2D eigenvalue weighted by Crippen LogP contribution is -2.45. The highest BCUT2D eigenvalue weighted by molar-refractivity contribution is 5.81. The lowest BCUT2D eigenvalue weighted by atomic mass is 10.1. The molecular formula is C11H24N2O4. The van der Waals surface area contributed by atoms with Crippen molar-refractivity contribution in [3.8, 4) is 0 Å². The van der Waals surface area contributed by atoms with Crippen molar-refractivity contribution in [1.29, 1.82) is 0 Å². The van der Waals surface area contributed by atoms with Crippen LogP contribution in [0.4, 0.5) is 0 Å². The van der Waals surface area contributed by atoms with Gasteiger partial charge in [-0.3, -0.25) is 4.79 Å². The minimum atomic E-state index is -0.680. The van der Waals surface area contributed by atoms with Crippen LogP contribution in [0.15, 0.2) is 0 Å². The van der Waals surface area contributed by atoms with Crippen LogP contribution in [0.3, 0.4) is 0 Å². The molecule has 0 aromatic heterocycles. The molecule has 2 atom stereocenters. The lowest BCUT2D eigenvalue weighted by Gasteiger charge is -2.23. The average molecular weight is 248 g/mol. The number of hydrogen-bond donors (Lipinski definition) is 2. The minimum absolute atomic E-state index is 0.170. The number of carbonyl (C=O) groups excluding carboxylic acids is 1. The highest BCUT2D eigenvalue weighted by atomic mass is 16.5. The highest BCUT2D eigenvalue weighted by Crippen LogP contribution is 2.00. The fraction of sp³-hybridized carbons (Fsp3) is 0.909. The quantitative estimate of drug-likeness (QED) is 0.522. The van der Waals surface area contributed by atoms with E-state index in [2.05, 4.69) is 0 Å². The second-order valence-electron chi connectivity index (χ2n) is 4.07. The molecule has 17 heavy (non-hydrogen) atoms. The maximum absolute atomic E-state index is 11.8. The zero-order valence-electron chi connectivity index (χ0n) is 10.9. The molecule has 0 rings (SSSR count). The van der Waals surface area contributed by atoms with Gasteiger partial charge in [0.15, 0.2) is 0 Å². The van der Waals surface area contributed by atoms with Gasteiger partial charge in [0.1, 0.15) is 0 Å². The summed E-state index contributed by atoms with van der Waals surface area (Å²) in [5.41, 5.74) is 5.75. The fourth-order valence-corrected chi connectivity index (χ4v) is 1.51. The van der Waals surface area contributed by atoms with Crippen molar-refractivity contribution in [2.75, 3.05) is 41.0 Å². The van der Waals surface area contributed by atoms with E-state index in [1.165, 1.54) is 12.0 Å². The van der Waals surface area contributed by atoms with E-state index in [0.29, 0.717) is 13.0 Å². The standard InChI is InChI=1S/C11H24N2O4/c1-13(7-9(14)8-17-3)11(15)10(12)5-4-6-16-2/h9-10,14H,4-8,12H2,1-3H3. The monoisotopic (exact) mass is 248 g/mol. The van der Waals surface area contributed by atoms with Crippen molar-refractivity contribution in [3.63, 3.8) is 0 Å². The first-order chi connectivity index (χ1) is 8.02. The van der Waals surface area contributed by atoms with Gasteiger partial charge in [0, 0.05) is 34.4 Å². The van der Waals surface area contributed by atoms with Crippen LogP contribution in [0.1, 0.15) is 12.8 Å². The number of amides is 1. The van der Waals surface area contributed by atoms with E-state index in [1.54, 1.807) is 14.2 Å². The second-order valence-corrected chi connectivity index (χ2v) is 4.07. The summed E-state index contributed by atoms with van der Waals surface area (Å²) < 4.78 is 9.68. The Bertz CT molecular complexity index is 214. The SMILES string of the molecule is COCCCC(N)C(=O)N(C)CC(O)COC. The Labute approximate surface area is 103 Å². The summed E-state index contributed by atoms with van der Waals surface area (Å²) in [4.78, 5) is 13.2. The van der Waals surface area contributed by atoms with Crippen molar-refractivity contribution >= 4 is 5.91 Å². The lowest BCUT2D eigenvalue weighted by molar-refractivity contribution is -0.133. The van der Waals surface area contributed by atoms with E-state index < -0.39 is 12.1 Å². The number of aliphatic hydroxyl groups excluding tert-OH is 1. The molecule has 0 heterocycles. The normalized spacial score (nSPS) is 14.4. The van der Waals surface area contributed by atoms with Crippen LogP contribution in [-0.2, 0) is 14.3 Å². The van der Waals surface area contributed by atoms with Crippen LogP contribution in [0.5, 0.6) is 0 Å². The van der Waals surface area contributed by atoms with E-state index in [9.17, 15) is 9.90 Å². The molecule has 102 valence electrons. The molecule has 3 N–H and O–H groups in total. The van der Waals surface area contributed by atoms with Gasteiger partial charge in [-0.2, -0.15) is 0 Å². The number of nitrogens with zero attached hydrogens (tertiary/aromatic N) is 1. The number of likely N-dealkylation sites (N-methyl/N-ethyl adjacent to an activating group) is 1. The minimum Gasteiger partial charge on any atom is -0.389 e. The molecule has 0 aliphatic carbocycles. The highest BCUT2D eigenvalue weighted by Gasteiger charge is 2.19. The Morgan fingerprint density at radius 1 is 1.41 bits per heavy atom. The molecule has 0 aromatic carbocycles. The van der Waals surface area contributed by atoms with Crippen LogP contribution < -0.4 is 5.73 Å². The molecule has 0 aliphatic heterocycles. The molecular weight excluding hydrogens is 224 g/mol. The van der Waals surface area contributed by atoms with E-state index in [4.69, 9.17) is 15.2 Å². The summed E-state index contributed by atoms with van der Waals surface area (Å²) >= 11 is 0. The molecule has 0 radical (unpaired) electrons. The number of ether oxygens (including phenoxy) is 2. The maximum Gasteiger partial charge on any atom is 0.239 e. The van der Waals surface area contributed by atoms with Gasteiger partial charge in [0.25, 0.3) is 0 Å². The van der Waals surface area contributed by atoms with Crippen LogP contribution in [0.2, 0.25) is 0 Å². The van der Waals surface area contributed by atoms with Crippen molar-refractivity contribution in [2.24, 2.45) is 5.73 Å². The number of rotatable bonds is 9. The second kappa shape index (κ2) is 9.35. The van der Waals surface area contributed by atoms with E-state index in [1.807, 2.05) is 0 Å². The summed E-state index contributed by atoms with van der Waals surface area (Å²) in [5, 5.41) is 9.48.